The summed E-state index contributed by atoms with van der Waals surface area (Å²) in [6, 6.07) is 25.5. The molecule has 2 amide bonds. The predicted molar refractivity (Wildman–Crippen MR) is 128 cm³/mol. The fraction of sp³-hybridized carbons (Fsp3) is 0.214. The molecular formula is C28H25N3O2. The van der Waals surface area contributed by atoms with Crippen molar-refractivity contribution in [3.8, 4) is 0 Å². The van der Waals surface area contributed by atoms with E-state index in [1.165, 1.54) is 0 Å². The van der Waals surface area contributed by atoms with Crippen molar-refractivity contribution in [1.82, 2.24) is 14.8 Å². The average Bonchev–Trinajstić information content (AvgIpc) is 3.20. The third kappa shape index (κ3) is 3.23. The fourth-order valence-corrected chi connectivity index (χ4v) is 5.45. The molecule has 0 spiro atoms. The normalized spacial score (nSPS) is 20.2. The first-order chi connectivity index (χ1) is 16.1. The molecule has 5 nitrogen and oxygen atoms in total. The van der Waals surface area contributed by atoms with E-state index in [0.717, 1.165) is 38.9 Å². The van der Waals surface area contributed by atoms with Crippen molar-refractivity contribution < 1.29 is 9.59 Å². The van der Waals surface area contributed by atoms with Crippen molar-refractivity contribution >= 4 is 22.7 Å². The largest absolute Gasteiger partial charge is 0.356 e. The second kappa shape index (κ2) is 7.62. The highest BCUT2D eigenvalue weighted by Gasteiger charge is 2.48. The summed E-state index contributed by atoms with van der Waals surface area (Å²) in [5.74, 6) is 0.0124. The van der Waals surface area contributed by atoms with E-state index in [1.807, 2.05) is 53.4 Å². The van der Waals surface area contributed by atoms with Crippen LogP contribution in [0.4, 0.5) is 0 Å². The van der Waals surface area contributed by atoms with Crippen LogP contribution in [0.3, 0.4) is 0 Å². The van der Waals surface area contributed by atoms with E-state index in [1.54, 1.807) is 4.90 Å². The molecule has 2 unspecified atom stereocenters. The van der Waals surface area contributed by atoms with E-state index in [4.69, 9.17) is 0 Å². The topological polar surface area (TPSA) is 56.4 Å². The van der Waals surface area contributed by atoms with Gasteiger partial charge in [-0.25, -0.2) is 0 Å². The number of carbonyl (C=O) groups is 2. The minimum absolute atomic E-state index is 0.00802. The maximum Gasteiger partial charge on any atom is 0.246 e. The highest BCUT2D eigenvalue weighted by molar-refractivity contribution is 5.97. The minimum Gasteiger partial charge on any atom is -0.356 e. The lowest BCUT2D eigenvalue weighted by Gasteiger charge is -2.47. The zero-order valence-corrected chi connectivity index (χ0v) is 18.5. The van der Waals surface area contributed by atoms with Gasteiger partial charge in [-0.05, 0) is 29.7 Å². The molecule has 1 N–H and O–H groups in total. The molecule has 6 rings (SSSR count). The number of amides is 2. The summed E-state index contributed by atoms with van der Waals surface area (Å²) in [5.41, 5.74) is 6.41. The fourth-order valence-electron chi connectivity index (χ4n) is 5.45. The highest BCUT2D eigenvalue weighted by atomic mass is 16.2. The molecule has 164 valence electrons. The highest BCUT2D eigenvalue weighted by Crippen LogP contribution is 2.42. The second-order valence-electron chi connectivity index (χ2n) is 9.08. The number of hydrogen-bond acceptors (Lipinski definition) is 2. The molecule has 5 heteroatoms. The van der Waals surface area contributed by atoms with Gasteiger partial charge in [0.1, 0.15) is 12.6 Å². The molecule has 33 heavy (non-hydrogen) atoms. The van der Waals surface area contributed by atoms with Gasteiger partial charge in [0, 0.05) is 29.6 Å². The Morgan fingerprint density at radius 2 is 1.73 bits per heavy atom. The number of H-pyrrole nitrogens is 1. The van der Waals surface area contributed by atoms with Crippen molar-refractivity contribution in [2.75, 3.05) is 6.54 Å². The molecule has 3 heterocycles. The summed E-state index contributed by atoms with van der Waals surface area (Å²) in [7, 11) is 0. The van der Waals surface area contributed by atoms with Gasteiger partial charge in [-0.3, -0.25) is 9.59 Å². The van der Waals surface area contributed by atoms with Crippen LogP contribution in [0.1, 0.15) is 34.0 Å². The van der Waals surface area contributed by atoms with Gasteiger partial charge in [0.25, 0.3) is 0 Å². The molecule has 4 aromatic rings. The number of aryl methyl sites for hydroxylation is 1. The molecule has 2 aliphatic heterocycles. The number of aromatic amines is 1. The van der Waals surface area contributed by atoms with Crippen LogP contribution in [0.5, 0.6) is 0 Å². The maximum atomic E-state index is 13.7. The lowest BCUT2D eigenvalue weighted by Crippen LogP contribution is -2.62. The summed E-state index contributed by atoms with van der Waals surface area (Å²) in [4.78, 5) is 34.5. The van der Waals surface area contributed by atoms with E-state index in [2.05, 4.69) is 42.2 Å². The molecule has 0 bridgehead atoms. The molecular weight excluding hydrogens is 410 g/mol. The first kappa shape index (κ1) is 19.8. The smallest absolute Gasteiger partial charge is 0.246 e. The van der Waals surface area contributed by atoms with Crippen LogP contribution in [0.15, 0.2) is 78.9 Å². The number of para-hydroxylation sites is 1. The number of carbonyl (C=O) groups excluding carboxylic acids is 2. The number of piperazine rings is 1. The average molecular weight is 436 g/mol. The van der Waals surface area contributed by atoms with Crippen molar-refractivity contribution in [2.24, 2.45) is 0 Å². The monoisotopic (exact) mass is 435 g/mol. The van der Waals surface area contributed by atoms with Crippen molar-refractivity contribution in [3.05, 3.63) is 107 Å². The first-order valence-electron chi connectivity index (χ1n) is 11.4. The Morgan fingerprint density at radius 3 is 2.55 bits per heavy atom. The van der Waals surface area contributed by atoms with Crippen molar-refractivity contribution in [1.29, 1.82) is 0 Å². The van der Waals surface area contributed by atoms with Crippen LogP contribution in [0.2, 0.25) is 0 Å². The number of nitrogens with one attached hydrogen (secondary N) is 1. The molecule has 2 aliphatic rings. The lowest BCUT2D eigenvalue weighted by molar-refractivity contribution is -0.159. The standard InChI is InChI=1S/C28H25N3O2/c1-18-8-7-11-20(14-18)27-26-22(21-12-5-6-13-23(21)29-26)15-24-28(33)30(17-25(32)31(24)27)16-19-9-3-2-4-10-19/h2-14,24,27,29H,15-17H2,1H3. The number of rotatable bonds is 3. The minimum atomic E-state index is -0.507. The Morgan fingerprint density at radius 1 is 0.939 bits per heavy atom. The Hall–Kier alpha value is -3.86. The molecule has 0 saturated carbocycles. The van der Waals surface area contributed by atoms with Gasteiger partial charge in [-0.1, -0.05) is 78.4 Å². The molecule has 1 fully saturated rings. The van der Waals surface area contributed by atoms with Gasteiger partial charge < -0.3 is 14.8 Å². The van der Waals surface area contributed by atoms with Crippen LogP contribution in [0.25, 0.3) is 10.9 Å². The molecule has 1 aromatic heterocycles. The lowest BCUT2D eigenvalue weighted by atomic mass is 9.86. The van der Waals surface area contributed by atoms with Crippen LogP contribution < -0.4 is 0 Å². The van der Waals surface area contributed by atoms with Crippen LogP contribution in [-0.4, -0.2) is 39.2 Å². The van der Waals surface area contributed by atoms with Gasteiger partial charge in [-0.15, -0.1) is 0 Å². The van der Waals surface area contributed by atoms with Crippen LogP contribution in [0, 0.1) is 6.92 Å². The zero-order valence-electron chi connectivity index (χ0n) is 18.5. The molecule has 1 saturated heterocycles. The number of hydrogen-bond donors (Lipinski definition) is 1. The molecule has 3 aromatic carbocycles. The Kier molecular flexibility index (Phi) is 4.57. The Labute approximate surface area is 192 Å². The summed E-state index contributed by atoms with van der Waals surface area (Å²) >= 11 is 0. The quantitative estimate of drug-likeness (QED) is 0.520. The van der Waals surface area contributed by atoms with E-state index in [9.17, 15) is 9.59 Å². The molecule has 0 radical (unpaired) electrons. The molecule has 2 atom stereocenters. The van der Waals surface area contributed by atoms with Gasteiger partial charge in [0.15, 0.2) is 0 Å². The maximum absolute atomic E-state index is 13.7. The third-order valence-electron chi connectivity index (χ3n) is 6.92. The van der Waals surface area contributed by atoms with Gasteiger partial charge in [0.05, 0.1) is 6.04 Å². The van der Waals surface area contributed by atoms with Gasteiger partial charge in [0.2, 0.25) is 11.8 Å². The Balaban J connectivity index is 1.47. The zero-order chi connectivity index (χ0) is 22.5. The second-order valence-corrected chi connectivity index (χ2v) is 9.08. The number of fused-ring (bicyclic) bond motifs is 4. The molecule has 0 aliphatic carbocycles. The number of benzene rings is 3. The summed E-state index contributed by atoms with van der Waals surface area (Å²) in [6.45, 7) is 2.61. The van der Waals surface area contributed by atoms with Crippen molar-refractivity contribution in [3.63, 3.8) is 0 Å². The van der Waals surface area contributed by atoms with Crippen molar-refractivity contribution in [2.45, 2.75) is 32.0 Å². The van der Waals surface area contributed by atoms with E-state index in [-0.39, 0.29) is 24.4 Å². The SMILES string of the molecule is Cc1cccc(C2c3[nH]c4ccccc4c3CC3C(=O)N(Cc4ccccc4)CC(=O)N32)c1. The Bertz CT molecular complexity index is 1370. The number of aromatic nitrogens is 1. The van der Waals surface area contributed by atoms with Crippen LogP contribution >= 0.6 is 0 Å². The van der Waals surface area contributed by atoms with E-state index >= 15 is 0 Å². The van der Waals surface area contributed by atoms with E-state index in [0.29, 0.717) is 13.0 Å². The first-order valence-corrected chi connectivity index (χ1v) is 11.4. The van der Waals surface area contributed by atoms with Crippen LogP contribution in [-0.2, 0) is 22.6 Å². The summed E-state index contributed by atoms with van der Waals surface area (Å²) in [6.07, 6.45) is 0.525. The summed E-state index contributed by atoms with van der Waals surface area (Å²) < 4.78 is 0. The predicted octanol–water partition coefficient (Wildman–Crippen LogP) is 4.36. The van der Waals surface area contributed by atoms with Gasteiger partial charge in [-0.2, -0.15) is 0 Å². The van der Waals surface area contributed by atoms with E-state index < -0.39 is 6.04 Å². The number of nitrogens with zero attached hydrogens (tertiary/aromatic N) is 2. The third-order valence-corrected chi connectivity index (χ3v) is 6.92. The summed E-state index contributed by atoms with van der Waals surface area (Å²) in [5, 5.41) is 1.13. The van der Waals surface area contributed by atoms with Gasteiger partial charge >= 0.3 is 0 Å².